The Kier molecular flexibility index (Phi) is 6.31. The molecule has 1 heterocycles. The van der Waals surface area contributed by atoms with E-state index >= 15 is 0 Å². The Hall–Kier alpha value is -2.44. The molecule has 3 rings (SSSR count). The van der Waals surface area contributed by atoms with Crippen LogP contribution in [0, 0.1) is 5.82 Å². The van der Waals surface area contributed by atoms with Crippen LogP contribution >= 0.6 is 0 Å². The molecule has 1 fully saturated rings. The second-order valence-electron chi connectivity index (χ2n) is 7.40. The van der Waals surface area contributed by atoms with Crippen LogP contribution in [-0.2, 0) is 16.1 Å². The maximum atomic E-state index is 13.7. The molecule has 0 aliphatic carbocycles. The number of likely N-dealkylation sites (N-methyl/N-ethyl adjacent to an activating group) is 1. The standard InChI is InChI=1S/C22H27FN2O3/c1-25(2)21(26)22(15-27-3)13-12-20(24-22)16-8-10-18(11-9-16)28-14-17-6-4-5-7-19(17)23/h4-11,20,24H,12-15H2,1-3H3/t20-,22-/m1/s1. The number of rotatable bonds is 7. The molecule has 5 nitrogen and oxygen atoms in total. The summed E-state index contributed by atoms with van der Waals surface area (Å²) in [5.41, 5.74) is 0.918. The van der Waals surface area contributed by atoms with Crippen molar-refractivity contribution >= 4 is 5.91 Å². The van der Waals surface area contributed by atoms with Crippen molar-refractivity contribution in [2.45, 2.75) is 31.0 Å². The van der Waals surface area contributed by atoms with E-state index in [-0.39, 0.29) is 24.4 Å². The number of nitrogens with zero attached hydrogens (tertiary/aromatic N) is 1. The van der Waals surface area contributed by atoms with E-state index in [1.807, 2.05) is 24.3 Å². The number of ether oxygens (including phenoxy) is 2. The molecule has 6 heteroatoms. The summed E-state index contributed by atoms with van der Waals surface area (Å²) in [5.74, 6) is 0.438. The van der Waals surface area contributed by atoms with Crippen molar-refractivity contribution in [3.05, 3.63) is 65.5 Å². The van der Waals surface area contributed by atoms with Crippen LogP contribution in [0.5, 0.6) is 5.75 Å². The minimum Gasteiger partial charge on any atom is -0.489 e. The predicted molar refractivity (Wildman–Crippen MR) is 106 cm³/mol. The number of carbonyl (C=O) groups excluding carboxylic acids is 1. The molecule has 1 aliphatic rings. The molecule has 150 valence electrons. The molecule has 1 aliphatic heterocycles. The molecule has 0 spiro atoms. The molecule has 28 heavy (non-hydrogen) atoms. The van der Waals surface area contributed by atoms with Gasteiger partial charge in [-0.25, -0.2) is 4.39 Å². The average molecular weight is 386 g/mol. The number of carbonyl (C=O) groups is 1. The lowest BCUT2D eigenvalue weighted by atomic mass is 9.96. The zero-order valence-corrected chi connectivity index (χ0v) is 16.6. The van der Waals surface area contributed by atoms with Crippen molar-refractivity contribution in [1.29, 1.82) is 0 Å². The molecule has 0 radical (unpaired) electrons. The first-order chi connectivity index (χ1) is 13.4. The van der Waals surface area contributed by atoms with Crippen molar-refractivity contribution in [1.82, 2.24) is 10.2 Å². The molecule has 0 unspecified atom stereocenters. The minimum atomic E-state index is -0.692. The van der Waals surface area contributed by atoms with E-state index in [0.29, 0.717) is 24.3 Å². The average Bonchev–Trinajstić information content (AvgIpc) is 3.12. The molecule has 2 aromatic rings. The lowest BCUT2D eigenvalue weighted by Gasteiger charge is -2.31. The Morgan fingerprint density at radius 2 is 1.93 bits per heavy atom. The first-order valence-electron chi connectivity index (χ1n) is 9.40. The number of hydrogen-bond acceptors (Lipinski definition) is 4. The minimum absolute atomic E-state index is 0.0293. The zero-order chi connectivity index (χ0) is 20.1. The van der Waals surface area contributed by atoms with Gasteiger partial charge >= 0.3 is 0 Å². The number of hydrogen-bond donors (Lipinski definition) is 1. The van der Waals surface area contributed by atoms with E-state index in [2.05, 4.69) is 5.32 Å². The summed E-state index contributed by atoms with van der Waals surface area (Å²) in [6.45, 7) is 0.520. The molecular formula is C22H27FN2O3. The van der Waals surface area contributed by atoms with E-state index in [1.165, 1.54) is 6.07 Å². The highest BCUT2D eigenvalue weighted by Gasteiger charge is 2.46. The van der Waals surface area contributed by atoms with Crippen LogP contribution in [0.2, 0.25) is 0 Å². The van der Waals surface area contributed by atoms with Crippen molar-refractivity contribution < 1.29 is 18.7 Å². The normalized spacial score (nSPS) is 21.5. The summed E-state index contributed by atoms with van der Waals surface area (Å²) in [6, 6.07) is 14.4. The van der Waals surface area contributed by atoms with Gasteiger partial charge in [0.25, 0.3) is 0 Å². The monoisotopic (exact) mass is 386 g/mol. The van der Waals surface area contributed by atoms with E-state index in [0.717, 1.165) is 12.0 Å². The molecule has 0 saturated carbocycles. The summed E-state index contributed by atoms with van der Waals surface area (Å²) >= 11 is 0. The number of benzene rings is 2. The zero-order valence-electron chi connectivity index (χ0n) is 16.6. The van der Waals surface area contributed by atoms with E-state index < -0.39 is 5.54 Å². The van der Waals surface area contributed by atoms with Crippen LogP contribution in [0.3, 0.4) is 0 Å². The van der Waals surface area contributed by atoms with Gasteiger partial charge in [0.15, 0.2) is 0 Å². The number of amides is 1. The van der Waals surface area contributed by atoms with Gasteiger partial charge < -0.3 is 14.4 Å². The van der Waals surface area contributed by atoms with Gasteiger partial charge in [-0.1, -0.05) is 30.3 Å². The van der Waals surface area contributed by atoms with E-state index in [9.17, 15) is 9.18 Å². The summed E-state index contributed by atoms with van der Waals surface area (Å²) in [4.78, 5) is 14.3. The SMILES string of the molecule is COC[C@@]1(C(=O)N(C)C)CC[C@H](c2ccc(OCc3ccccc3F)cc2)N1. The molecule has 2 atom stereocenters. The topological polar surface area (TPSA) is 50.8 Å². The Labute approximate surface area is 165 Å². The number of methoxy groups -OCH3 is 1. The second kappa shape index (κ2) is 8.71. The highest BCUT2D eigenvalue weighted by molar-refractivity contribution is 5.86. The third-order valence-electron chi connectivity index (χ3n) is 5.15. The lowest BCUT2D eigenvalue weighted by Crippen LogP contribution is -2.56. The first kappa shape index (κ1) is 20.3. The van der Waals surface area contributed by atoms with Gasteiger partial charge in [0.2, 0.25) is 5.91 Å². The Morgan fingerprint density at radius 1 is 1.21 bits per heavy atom. The second-order valence-corrected chi connectivity index (χ2v) is 7.40. The predicted octanol–water partition coefficient (Wildman–Crippen LogP) is 3.30. The van der Waals surface area contributed by atoms with Gasteiger partial charge in [-0.15, -0.1) is 0 Å². The van der Waals surface area contributed by atoms with Gasteiger partial charge in [0.1, 0.15) is 23.7 Å². The molecule has 1 N–H and O–H groups in total. The quantitative estimate of drug-likeness (QED) is 0.793. The van der Waals surface area contributed by atoms with E-state index in [1.54, 1.807) is 44.3 Å². The fourth-order valence-corrected chi connectivity index (χ4v) is 3.71. The summed E-state index contributed by atoms with van der Waals surface area (Å²) in [6.07, 6.45) is 1.56. The van der Waals surface area contributed by atoms with Crippen LogP contribution in [0.1, 0.15) is 30.0 Å². The molecule has 0 aromatic heterocycles. The third-order valence-corrected chi connectivity index (χ3v) is 5.15. The fraction of sp³-hybridized carbons (Fsp3) is 0.409. The maximum Gasteiger partial charge on any atom is 0.244 e. The van der Waals surface area contributed by atoms with Crippen LogP contribution in [0.15, 0.2) is 48.5 Å². The maximum absolute atomic E-state index is 13.7. The van der Waals surface area contributed by atoms with Crippen LogP contribution in [0.4, 0.5) is 4.39 Å². The van der Waals surface area contributed by atoms with Gasteiger partial charge in [-0.2, -0.15) is 0 Å². The molecule has 0 bridgehead atoms. The first-order valence-corrected chi connectivity index (χ1v) is 9.40. The highest BCUT2D eigenvalue weighted by atomic mass is 19.1. The smallest absolute Gasteiger partial charge is 0.244 e. The van der Waals surface area contributed by atoms with Crippen LogP contribution in [0.25, 0.3) is 0 Å². The summed E-state index contributed by atoms with van der Waals surface area (Å²) in [5, 5.41) is 3.48. The fourth-order valence-electron chi connectivity index (χ4n) is 3.71. The molecular weight excluding hydrogens is 359 g/mol. The van der Waals surface area contributed by atoms with Crippen molar-refractivity contribution in [3.63, 3.8) is 0 Å². The van der Waals surface area contributed by atoms with Crippen LogP contribution in [-0.4, -0.2) is 44.2 Å². The summed E-state index contributed by atoms with van der Waals surface area (Å²) in [7, 11) is 5.13. The number of halogens is 1. The largest absolute Gasteiger partial charge is 0.489 e. The van der Waals surface area contributed by atoms with E-state index in [4.69, 9.17) is 9.47 Å². The Morgan fingerprint density at radius 3 is 2.57 bits per heavy atom. The van der Waals surface area contributed by atoms with Crippen LogP contribution < -0.4 is 10.1 Å². The molecule has 2 aromatic carbocycles. The highest BCUT2D eigenvalue weighted by Crippen LogP contribution is 2.35. The Bertz CT molecular complexity index is 810. The van der Waals surface area contributed by atoms with Crippen molar-refractivity contribution in [2.75, 3.05) is 27.8 Å². The van der Waals surface area contributed by atoms with Gasteiger partial charge in [-0.3, -0.25) is 10.1 Å². The van der Waals surface area contributed by atoms with Crippen molar-refractivity contribution in [3.8, 4) is 5.75 Å². The lowest BCUT2D eigenvalue weighted by molar-refractivity contribution is -0.137. The Balaban J connectivity index is 1.65. The van der Waals surface area contributed by atoms with Gasteiger partial charge in [0.05, 0.1) is 6.61 Å². The summed E-state index contributed by atoms with van der Waals surface area (Å²) < 4.78 is 24.7. The molecule has 1 saturated heterocycles. The molecule has 1 amide bonds. The third kappa shape index (κ3) is 4.34. The van der Waals surface area contributed by atoms with Gasteiger partial charge in [0, 0.05) is 32.8 Å². The van der Waals surface area contributed by atoms with Crippen molar-refractivity contribution in [2.24, 2.45) is 0 Å². The van der Waals surface area contributed by atoms with Gasteiger partial charge in [-0.05, 0) is 36.6 Å². The number of nitrogens with one attached hydrogen (secondary N) is 1.